The van der Waals surface area contributed by atoms with Crippen LogP contribution in [0.1, 0.15) is 12.5 Å². The van der Waals surface area contributed by atoms with Gasteiger partial charge in [-0.15, -0.1) is 0 Å². The van der Waals surface area contributed by atoms with E-state index in [1.165, 1.54) is 38.5 Å². The van der Waals surface area contributed by atoms with Crippen LogP contribution < -0.4 is 19.7 Å². The molecule has 3 aromatic carbocycles. The number of allylic oxidation sites excluding steroid dienone is 2. The summed E-state index contributed by atoms with van der Waals surface area (Å²) < 4.78 is 29.1. The topological polar surface area (TPSA) is 94.2 Å². The fourth-order valence-electron chi connectivity index (χ4n) is 3.98. The Labute approximate surface area is 218 Å². The normalized spacial score (nSPS) is 14.1. The Balaban J connectivity index is 1.51. The van der Waals surface area contributed by atoms with Crippen LogP contribution in [0.5, 0.6) is 11.5 Å². The van der Waals surface area contributed by atoms with Gasteiger partial charge in [0.1, 0.15) is 22.9 Å². The first-order chi connectivity index (χ1) is 18.3. The van der Waals surface area contributed by atoms with Gasteiger partial charge in [-0.3, -0.25) is 9.59 Å². The number of hydrogen-bond acceptors (Lipinski definition) is 7. The molecule has 9 heteroatoms. The van der Waals surface area contributed by atoms with Crippen LogP contribution in [0.3, 0.4) is 0 Å². The molecule has 0 saturated carbocycles. The average molecular weight is 517 g/mol. The number of methoxy groups -OCH3 is 2. The average Bonchev–Trinajstić information content (AvgIpc) is 3.17. The summed E-state index contributed by atoms with van der Waals surface area (Å²) in [6.07, 6.45) is 1.61. The number of Topliss-reactive ketones (excluding diaryl/α,β-unsaturated/α-hetero) is 1. The zero-order valence-electron chi connectivity index (χ0n) is 21.0. The van der Waals surface area contributed by atoms with E-state index in [1.807, 2.05) is 0 Å². The summed E-state index contributed by atoms with van der Waals surface area (Å²) in [4.78, 5) is 39.4. The molecule has 1 amide bonds. The number of amides is 1. The first-order valence-corrected chi connectivity index (χ1v) is 11.6. The van der Waals surface area contributed by atoms with Crippen molar-refractivity contribution < 1.29 is 33.0 Å². The summed E-state index contributed by atoms with van der Waals surface area (Å²) in [5.41, 5.74) is 2.19. The van der Waals surface area contributed by atoms with Gasteiger partial charge < -0.3 is 24.4 Å². The molecule has 194 valence electrons. The second-order valence-corrected chi connectivity index (χ2v) is 8.23. The number of nitrogens with zero attached hydrogens (tertiary/aromatic N) is 1. The summed E-state index contributed by atoms with van der Waals surface area (Å²) in [5, 5.41) is 2.73. The van der Waals surface area contributed by atoms with Crippen LogP contribution in [0.15, 0.2) is 89.8 Å². The molecule has 3 aromatic rings. The van der Waals surface area contributed by atoms with Crippen LogP contribution in [0, 0.1) is 5.82 Å². The molecule has 0 radical (unpaired) electrons. The van der Waals surface area contributed by atoms with Crippen molar-refractivity contribution in [2.75, 3.05) is 31.0 Å². The number of ketones is 1. The Bertz CT molecular complexity index is 1430. The SMILES string of the molecule is COC(=O)C1=C(C)N(c2ccc(F)cc2)/C(=C\c2ccc(OCC(=O)Nc3ccccc3OC)cc2)C1=O. The predicted molar refractivity (Wildman–Crippen MR) is 140 cm³/mol. The maximum absolute atomic E-state index is 13.5. The third-order valence-corrected chi connectivity index (χ3v) is 5.81. The van der Waals surface area contributed by atoms with E-state index in [9.17, 15) is 18.8 Å². The zero-order valence-corrected chi connectivity index (χ0v) is 21.0. The number of halogens is 1. The molecular formula is C29H25FN2O6. The van der Waals surface area contributed by atoms with Crippen LogP contribution in [-0.2, 0) is 19.1 Å². The molecule has 0 saturated heterocycles. The van der Waals surface area contributed by atoms with Gasteiger partial charge in [-0.2, -0.15) is 0 Å². The van der Waals surface area contributed by atoms with E-state index in [4.69, 9.17) is 14.2 Å². The molecule has 0 fully saturated rings. The van der Waals surface area contributed by atoms with E-state index in [0.29, 0.717) is 34.1 Å². The molecule has 0 aliphatic carbocycles. The zero-order chi connectivity index (χ0) is 27.2. The lowest BCUT2D eigenvalue weighted by molar-refractivity contribution is -0.137. The van der Waals surface area contributed by atoms with Crippen molar-refractivity contribution in [3.63, 3.8) is 0 Å². The maximum Gasteiger partial charge on any atom is 0.343 e. The van der Waals surface area contributed by atoms with Gasteiger partial charge in [-0.25, -0.2) is 9.18 Å². The fourth-order valence-corrected chi connectivity index (χ4v) is 3.98. The number of ether oxygens (including phenoxy) is 3. The monoisotopic (exact) mass is 516 g/mol. The van der Waals surface area contributed by atoms with Crippen molar-refractivity contribution >= 4 is 35.1 Å². The minimum absolute atomic E-state index is 0.0934. The number of nitrogens with one attached hydrogen (secondary N) is 1. The summed E-state index contributed by atoms with van der Waals surface area (Å²) in [5.74, 6) is -1.06. The van der Waals surface area contributed by atoms with Crippen LogP contribution in [0.25, 0.3) is 6.08 Å². The highest BCUT2D eigenvalue weighted by molar-refractivity contribution is 6.30. The van der Waals surface area contributed by atoms with Crippen molar-refractivity contribution in [2.24, 2.45) is 0 Å². The lowest BCUT2D eigenvalue weighted by atomic mass is 10.1. The van der Waals surface area contributed by atoms with Gasteiger partial charge in [-0.1, -0.05) is 24.3 Å². The van der Waals surface area contributed by atoms with Gasteiger partial charge >= 0.3 is 5.97 Å². The Hall–Kier alpha value is -4.92. The van der Waals surface area contributed by atoms with E-state index < -0.39 is 17.6 Å². The highest BCUT2D eigenvalue weighted by Gasteiger charge is 2.38. The molecule has 4 rings (SSSR count). The quantitative estimate of drug-likeness (QED) is 0.263. The van der Waals surface area contributed by atoms with E-state index in [-0.39, 0.29) is 23.8 Å². The van der Waals surface area contributed by atoms with Crippen molar-refractivity contribution in [3.05, 3.63) is 101 Å². The molecule has 1 aliphatic rings. The van der Waals surface area contributed by atoms with E-state index in [2.05, 4.69) is 5.32 Å². The van der Waals surface area contributed by atoms with Crippen LogP contribution >= 0.6 is 0 Å². The third-order valence-electron chi connectivity index (χ3n) is 5.81. The largest absolute Gasteiger partial charge is 0.495 e. The second-order valence-electron chi connectivity index (χ2n) is 8.23. The maximum atomic E-state index is 13.5. The minimum atomic E-state index is -0.752. The smallest absolute Gasteiger partial charge is 0.343 e. The highest BCUT2D eigenvalue weighted by Crippen LogP contribution is 2.36. The van der Waals surface area contributed by atoms with Crippen molar-refractivity contribution in [1.82, 2.24) is 0 Å². The van der Waals surface area contributed by atoms with Gasteiger partial charge in [0.15, 0.2) is 6.61 Å². The fraction of sp³-hybridized carbons (Fsp3) is 0.138. The Morgan fingerprint density at radius 1 is 0.974 bits per heavy atom. The van der Waals surface area contributed by atoms with Gasteiger partial charge in [-0.05, 0) is 67.1 Å². The number of hydrogen-bond donors (Lipinski definition) is 1. The molecule has 0 atom stereocenters. The molecule has 38 heavy (non-hydrogen) atoms. The van der Waals surface area contributed by atoms with Crippen molar-refractivity contribution in [1.29, 1.82) is 0 Å². The van der Waals surface area contributed by atoms with E-state index >= 15 is 0 Å². The summed E-state index contributed by atoms with van der Waals surface area (Å²) in [6, 6.07) is 19.4. The van der Waals surface area contributed by atoms with Gasteiger partial charge in [0, 0.05) is 11.4 Å². The van der Waals surface area contributed by atoms with Gasteiger partial charge in [0.2, 0.25) is 5.78 Å². The van der Waals surface area contributed by atoms with Crippen LogP contribution in [0.2, 0.25) is 0 Å². The minimum Gasteiger partial charge on any atom is -0.495 e. The van der Waals surface area contributed by atoms with Crippen molar-refractivity contribution in [3.8, 4) is 11.5 Å². The van der Waals surface area contributed by atoms with Crippen molar-refractivity contribution in [2.45, 2.75) is 6.92 Å². The number of benzene rings is 3. The predicted octanol–water partition coefficient (Wildman–Crippen LogP) is 4.73. The number of carbonyl (C=O) groups excluding carboxylic acids is 3. The first-order valence-electron chi connectivity index (χ1n) is 11.6. The number of rotatable bonds is 8. The number of carbonyl (C=O) groups is 3. The molecule has 0 unspecified atom stereocenters. The Kier molecular flexibility index (Phi) is 7.86. The first kappa shape index (κ1) is 26.2. The molecule has 1 aliphatic heterocycles. The number of para-hydroxylation sites is 2. The molecular weight excluding hydrogens is 491 g/mol. The van der Waals surface area contributed by atoms with Gasteiger partial charge in [0.05, 0.1) is 25.6 Å². The van der Waals surface area contributed by atoms with Gasteiger partial charge in [0.25, 0.3) is 5.91 Å². The lowest BCUT2D eigenvalue weighted by Gasteiger charge is -2.21. The molecule has 1 heterocycles. The molecule has 0 bridgehead atoms. The van der Waals surface area contributed by atoms with Crippen LogP contribution in [-0.4, -0.2) is 38.5 Å². The highest BCUT2D eigenvalue weighted by atomic mass is 19.1. The lowest BCUT2D eigenvalue weighted by Crippen LogP contribution is -2.20. The standard InChI is InChI=1S/C29H25FN2O6/c1-18-27(29(35)37-3)28(34)24(32(18)21-12-10-20(30)11-13-21)16-19-8-14-22(15-9-19)38-17-26(33)31-23-6-4-5-7-25(23)36-2/h4-16H,17H2,1-3H3,(H,31,33)/b24-16-. The summed E-state index contributed by atoms with van der Waals surface area (Å²) in [7, 11) is 2.72. The van der Waals surface area contributed by atoms with Crippen LogP contribution in [0.4, 0.5) is 15.8 Å². The molecule has 0 aromatic heterocycles. The van der Waals surface area contributed by atoms with E-state index in [0.717, 1.165) is 0 Å². The number of esters is 1. The summed E-state index contributed by atoms with van der Waals surface area (Å²) >= 11 is 0. The third kappa shape index (κ3) is 5.57. The summed E-state index contributed by atoms with van der Waals surface area (Å²) in [6.45, 7) is 1.41. The second kappa shape index (κ2) is 11.4. The van der Waals surface area contributed by atoms with E-state index in [1.54, 1.807) is 66.4 Å². The molecule has 0 spiro atoms. The Morgan fingerprint density at radius 3 is 2.32 bits per heavy atom. The number of anilines is 2. The molecule has 8 nitrogen and oxygen atoms in total. The Morgan fingerprint density at radius 2 is 1.66 bits per heavy atom. The molecule has 1 N–H and O–H groups in total.